The van der Waals surface area contributed by atoms with Crippen molar-refractivity contribution in [2.75, 3.05) is 18.1 Å². The van der Waals surface area contributed by atoms with Gasteiger partial charge in [0.05, 0.1) is 17.2 Å². The Balaban J connectivity index is 1.76. The summed E-state index contributed by atoms with van der Waals surface area (Å²) in [5.74, 6) is 1.40. The second-order valence-corrected chi connectivity index (χ2v) is 7.29. The minimum Gasteiger partial charge on any atom is -0.494 e. The molecule has 0 spiro atoms. The Hall–Kier alpha value is -2.57. The number of carbonyl (C=O) groups is 1. The van der Waals surface area contributed by atoms with Gasteiger partial charge in [0.25, 0.3) is 5.91 Å². The van der Waals surface area contributed by atoms with Crippen LogP contribution in [0, 0.1) is 0 Å². The highest BCUT2D eigenvalue weighted by Crippen LogP contribution is 2.36. The van der Waals surface area contributed by atoms with E-state index in [1.807, 2.05) is 61.5 Å². The number of ether oxygens (including phenoxy) is 2. The van der Waals surface area contributed by atoms with Crippen molar-refractivity contribution in [3.63, 3.8) is 0 Å². The molecule has 4 nitrogen and oxygen atoms in total. The van der Waals surface area contributed by atoms with E-state index in [1.165, 1.54) is 11.8 Å². The largest absolute Gasteiger partial charge is 0.494 e. The number of amides is 1. The van der Waals surface area contributed by atoms with Gasteiger partial charge in [-0.05, 0) is 55.0 Å². The Labute approximate surface area is 168 Å². The van der Waals surface area contributed by atoms with Gasteiger partial charge in [0.15, 0.2) is 4.32 Å². The highest BCUT2D eigenvalue weighted by Gasteiger charge is 2.33. The number of hydrogen-bond acceptors (Lipinski definition) is 5. The van der Waals surface area contributed by atoms with Gasteiger partial charge in [-0.15, -0.1) is 0 Å². The molecule has 138 valence electrons. The van der Waals surface area contributed by atoms with E-state index in [9.17, 15) is 4.79 Å². The standard InChI is InChI=1S/C21H19NO3S2/c1-3-13-25-18-9-5-15(6-10-18)14-19-20(23)22(21(26)27-19)16-7-11-17(12-8-16)24-4-2/h3,5-12,14H,1,4,13H2,2H3/b19-14+. The van der Waals surface area contributed by atoms with Gasteiger partial charge >= 0.3 is 0 Å². The molecule has 27 heavy (non-hydrogen) atoms. The number of thioether (sulfide) groups is 1. The monoisotopic (exact) mass is 397 g/mol. The maximum atomic E-state index is 12.8. The van der Waals surface area contributed by atoms with E-state index in [2.05, 4.69) is 6.58 Å². The number of rotatable bonds is 7. The van der Waals surface area contributed by atoms with Crippen molar-refractivity contribution in [1.29, 1.82) is 0 Å². The van der Waals surface area contributed by atoms with Crippen LogP contribution in [0.4, 0.5) is 5.69 Å². The first-order valence-corrected chi connectivity index (χ1v) is 9.69. The molecule has 0 N–H and O–H groups in total. The summed E-state index contributed by atoms with van der Waals surface area (Å²) in [6, 6.07) is 14.9. The highest BCUT2D eigenvalue weighted by atomic mass is 32.2. The quantitative estimate of drug-likeness (QED) is 0.371. The molecular formula is C21H19NO3S2. The van der Waals surface area contributed by atoms with Crippen LogP contribution >= 0.6 is 24.0 Å². The molecule has 0 aromatic heterocycles. The summed E-state index contributed by atoms with van der Waals surface area (Å²) in [6.07, 6.45) is 3.53. The van der Waals surface area contributed by atoms with Crippen molar-refractivity contribution in [3.8, 4) is 11.5 Å². The summed E-state index contributed by atoms with van der Waals surface area (Å²) in [7, 11) is 0. The van der Waals surface area contributed by atoms with E-state index < -0.39 is 0 Å². The molecule has 0 bridgehead atoms. The SMILES string of the molecule is C=CCOc1ccc(/C=C2/SC(=S)N(c3ccc(OCC)cc3)C2=O)cc1. The lowest BCUT2D eigenvalue weighted by molar-refractivity contribution is -0.113. The maximum absolute atomic E-state index is 12.8. The molecule has 0 atom stereocenters. The van der Waals surface area contributed by atoms with E-state index in [0.717, 1.165) is 22.7 Å². The lowest BCUT2D eigenvalue weighted by atomic mass is 10.2. The molecule has 6 heteroatoms. The molecule has 0 aliphatic carbocycles. The number of anilines is 1. The Kier molecular flexibility index (Phi) is 6.32. The average molecular weight is 398 g/mol. The van der Waals surface area contributed by atoms with Crippen molar-refractivity contribution in [2.24, 2.45) is 0 Å². The van der Waals surface area contributed by atoms with Crippen LogP contribution in [0.25, 0.3) is 6.08 Å². The summed E-state index contributed by atoms with van der Waals surface area (Å²) in [4.78, 5) is 15.0. The van der Waals surface area contributed by atoms with Crippen molar-refractivity contribution in [3.05, 3.63) is 71.7 Å². The summed E-state index contributed by atoms with van der Waals surface area (Å²) < 4.78 is 11.4. The Morgan fingerprint density at radius 2 is 1.70 bits per heavy atom. The van der Waals surface area contributed by atoms with Gasteiger partial charge < -0.3 is 9.47 Å². The molecule has 0 unspecified atom stereocenters. The Morgan fingerprint density at radius 1 is 1.07 bits per heavy atom. The van der Waals surface area contributed by atoms with Crippen LogP contribution in [0.3, 0.4) is 0 Å². The topological polar surface area (TPSA) is 38.8 Å². The highest BCUT2D eigenvalue weighted by molar-refractivity contribution is 8.27. The van der Waals surface area contributed by atoms with Gasteiger partial charge in [0.2, 0.25) is 0 Å². The van der Waals surface area contributed by atoms with E-state index in [-0.39, 0.29) is 5.91 Å². The Bertz CT molecular complexity index is 873. The number of hydrogen-bond donors (Lipinski definition) is 0. The third kappa shape index (κ3) is 4.59. The summed E-state index contributed by atoms with van der Waals surface area (Å²) >= 11 is 6.71. The van der Waals surface area contributed by atoms with Crippen LogP contribution in [0.2, 0.25) is 0 Å². The fourth-order valence-corrected chi connectivity index (χ4v) is 3.81. The molecule has 1 aliphatic heterocycles. The first-order valence-electron chi connectivity index (χ1n) is 8.47. The normalized spacial score (nSPS) is 15.3. The molecule has 1 saturated heterocycles. The molecule has 1 heterocycles. The fraction of sp³-hybridized carbons (Fsp3) is 0.143. The van der Waals surface area contributed by atoms with E-state index in [4.69, 9.17) is 21.7 Å². The molecule has 0 radical (unpaired) electrons. The van der Waals surface area contributed by atoms with Gasteiger partial charge in [-0.25, -0.2) is 0 Å². The predicted molar refractivity (Wildman–Crippen MR) is 115 cm³/mol. The number of nitrogens with zero attached hydrogens (tertiary/aromatic N) is 1. The van der Waals surface area contributed by atoms with Gasteiger partial charge in [-0.3, -0.25) is 9.69 Å². The van der Waals surface area contributed by atoms with Gasteiger partial charge in [-0.1, -0.05) is 48.8 Å². The summed E-state index contributed by atoms with van der Waals surface area (Å²) in [5, 5.41) is 0. The van der Waals surface area contributed by atoms with Crippen LogP contribution in [-0.4, -0.2) is 23.4 Å². The van der Waals surface area contributed by atoms with Crippen LogP contribution in [0.15, 0.2) is 66.1 Å². The lowest BCUT2D eigenvalue weighted by Crippen LogP contribution is -2.27. The minimum absolute atomic E-state index is 0.124. The van der Waals surface area contributed by atoms with E-state index in [1.54, 1.807) is 11.0 Å². The minimum atomic E-state index is -0.124. The number of thiocarbonyl (C=S) groups is 1. The summed E-state index contributed by atoms with van der Waals surface area (Å²) in [5.41, 5.74) is 1.64. The second kappa shape index (κ2) is 8.88. The molecule has 3 rings (SSSR count). The number of benzene rings is 2. The van der Waals surface area contributed by atoms with Crippen molar-refractivity contribution in [1.82, 2.24) is 0 Å². The molecule has 1 amide bonds. The van der Waals surface area contributed by atoms with Gasteiger partial charge in [-0.2, -0.15) is 0 Å². The Morgan fingerprint density at radius 3 is 2.33 bits per heavy atom. The van der Waals surface area contributed by atoms with Crippen LogP contribution in [0.5, 0.6) is 11.5 Å². The van der Waals surface area contributed by atoms with Crippen molar-refractivity contribution in [2.45, 2.75) is 6.92 Å². The zero-order valence-corrected chi connectivity index (χ0v) is 16.5. The third-order valence-corrected chi connectivity index (χ3v) is 5.05. The van der Waals surface area contributed by atoms with E-state index >= 15 is 0 Å². The van der Waals surface area contributed by atoms with Crippen molar-refractivity contribution >= 4 is 46.0 Å². The lowest BCUT2D eigenvalue weighted by Gasteiger charge is -2.15. The smallest absolute Gasteiger partial charge is 0.270 e. The molecule has 2 aromatic carbocycles. The average Bonchev–Trinajstić information content (AvgIpc) is 2.95. The predicted octanol–water partition coefficient (Wildman–Crippen LogP) is 5.06. The zero-order valence-electron chi connectivity index (χ0n) is 14.9. The third-order valence-electron chi connectivity index (χ3n) is 3.75. The summed E-state index contributed by atoms with van der Waals surface area (Å²) in [6.45, 7) is 6.61. The fourth-order valence-electron chi connectivity index (χ4n) is 2.52. The molecule has 0 saturated carbocycles. The first-order chi connectivity index (χ1) is 13.1. The van der Waals surface area contributed by atoms with Gasteiger partial charge in [0, 0.05) is 0 Å². The van der Waals surface area contributed by atoms with Gasteiger partial charge in [0.1, 0.15) is 18.1 Å². The van der Waals surface area contributed by atoms with E-state index in [0.29, 0.717) is 22.4 Å². The zero-order chi connectivity index (χ0) is 19.2. The van der Waals surface area contributed by atoms with Crippen molar-refractivity contribution < 1.29 is 14.3 Å². The van der Waals surface area contributed by atoms with Crippen LogP contribution < -0.4 is 14.4 Å². The maximum Gasteiger partial charge on any atom is 0.270 e. The molecule has 1 fully saturated rings. The van der Waals surface area contributed by atoms with Crippen LogP contribution in [-0.2, 0) is 4.79 Å². The first kappa shape index (κ1) is 19.2. The molecule has 2 aromatic rings. The second-order valence-electron chi connectivity index (χ2n) is 5.61. The molecular weight excluding hydrogens is 378 g/mol. The molecule has 1 aliphatic rings. The number of carbonyl (C=O) groups excluding carboxylic acids is 1. The van der Waals surface area contributed by atoms with Crippen LogP contribution in [0.1, 0.15) is 12.5 Å².